The van der Waals surface area contributed by atoms with E-state index in [1.807, 2.05) is 19.9 Å². The molecule has 0 atom stereocenters. The molecule has 110 valence electrons. The second-order valence-electron chi connectivity index (χ2n) is 4.81. The quantitative estimate of drug-likeness (QED) is 0.817. The van der Waals surface area contributed by atoms with E-state index >= 15 is 0 Å². The molecular formula is C16H16ClNO2S. The SMILES string of the molecule is Cc1cc(C(=O)CCC(=O)Nc2cccc(Cl)c2)c(C)s1. The number of anilines is 1. The van der Waals surface area contributed by atoms with Crippen molar-refractivity contribution in [2.75, 3.05) is 5.32 Å². The molecule has 0 fully saturated rings. The topological polar surface area (TPSA) is 46.2 Å². The van der Waals surface area contributed by atoms with Crippen LogP contribution in [-0.2, 0) is 4.79 Å². The third-order valence-electron chi connectivity index (χ3n) is 3.03. The summed E-state index contributed by atoms with van der Waals surface area (Å²) in [4.78, 5) is 26.1. The fourth-order valence-electron chi connectivity index (χ4n) is 2.06. The van der Waals surface area contributed by atoms with Crippen LogP contribution < -0.4 is 5.32 Å². The Morgan fingerprint density at radius 2 is 1.95 bits per heavy atom. The van der Waals surface area contributed by atoms with Gasteiger partial charge < -0.3 is 5.32 Å². The fourth-order valence-corrected chi connectivity index (χ4v) is 3.19. The van der Waals surface area contributed by atoms with E-state index in [2.05, 4.69) is 5.32 Å². The van der Waals surface area contributed by atoms with Crippen molar-refractivity contribution in [3.05, 3.63) is 50.7 Å². The highest BCUT2D eigenvalue weighted by Gasteiger charge is 2.13. The maximum atomic E-state index is 12.1. The van der Waals surface area contributed by atoms with Crippen molar-refractivity contribution in [2.24, 2.45) is 0 Å². The Labute approximate surface area is 132 Å². The number of hydrogen-bond acceptors (Lipinski definition) is 3. The Morgan fingerprint density at radius 3 is 2.57 bits per heavy atom. The maximum absolute atomic E-state index is 12.1. The van der Waals surface area contributed by atoms with Gasteiger partial charge in [0.2, 0.25) is 5.91 Å². The molecule has 0 aliphatic carbocycles. The summed E-state index contributed by atoms with van der Waals surface area (Å²) in [6.45, 7) is 3.90. The van der Waals surface area contributed by atoms with Crippen LogP contribution in [0.15, 0.2) is 30.3 Å². The first-order chi connectivity index (χ1) is 9.95. The zero-order chi connectivity index (χ0) is 15.4. The number of benzene rings is 1. The van der Waals surface area contributed by atoms with Gasteiger partial charge in [-0.3, -0.25) is 9.59 Å². The lowest BCUT2D eigenvalue weighted by Gasteiger charge is -2.05. The van der Waals surface area contributed by atoms with Gasteiger partial charge in [0.05, 0.1) is 0 Å². The van der Waals surface area contributed by atoms with Gasteiger partial charge in [0.25, 0.3) is 0 Å². The van der Waals surface area contributed by atoms with E-state index in [0.29, 0.717) is 10.7 Å². The van der Waals surface area contributed by atoms with Gasteiger partial charge in [-0.25, -0.2) is 0 Å². The van der Waals surface area contributed by atoms with Crippen LogP contribution >= 0.6 is 22.9 Å². The van der Waals surface area contributed by atoms with Gasteiger partial charge >= 0.3 is 0 Å². The molecule has 1 aromatic carbocycles. The Hall–Kier alpha value is -1.65. The summed E-state index contributed by atoms with van der Waals surface area (Å²) in [6, 6.07) is 8.83. The highest BCUT2D eigenvalue weighted by Crippen LogP contribution is 2.22. The molecule has 0 aliphatic rings. The van der Waals surface area contributed by atoms with Crippen molar-refractivity contribution in [2.45, 2.75) is 26.7 Å². The van der Waals surface area contributed by atoms with Crippen LogP contribution in [0, 0.1) is 13.8 Å². The Morgan fingerprint density at radius 1 is 1.19 bits per heavy atom. The largest absolute Gasteiger partial charge is 0.326 e. The molecule has 0 saturated carbocycles. The molecule has 2 aromatic rings. The minimum absolute atomic E-state index is 0.0121. The van der Waals surface area contributed by atoms with Crippen molar-refractivity contribution in [1.29, 1.82) is 0 Å². The van der Waals surface area contributed by atoms with Crippen molar-refractivity contribution >= 4 is 40.3 Å². The molecule has 5 heteroatoms. The number of aryl methyl sites for hydroxylation is 2. The van der Waals surface area contributed by atoms with Gasteiger partial charge in [0.15, 0.2) is 5.78 Å². The number of nitrogens with one attached hydrogen (secondary N) is 1. The maximum Gasteiger partial charge on any atom is 0.224 e. The van der Waals surface area contributed by atoms with E-state index in [-0.39, 0.29) is 24.5 Å². The van der Waals surface area contributed by atoms with Gasteiger partial charge in [-0.2, -0.15) is 0 Å². The average Bonchev–Trinajstić information content (AvgIpc) is 2.75. The first-order valence-corrected chi connectivity index (χ1v) is 7.81. The molecule has 2 rings (SSSR count). The van der Waals surface area contributed by atoms with Crippen molar-refractivity contribution in [3.8, 4) is 0 Å². The van der Waals surface area contributed by atoms with E-state index < -0.39 is 0 Å². The molecular weight excluding hydrogens is 306 g/mol. The second kappa shape index (κ2) is 6.87. The summed E-state index contributed by atoms with van der Waals surface area (Å²) < 4.78 is 0. The molecule has 0 saturated heterocycles. The van der Waals surface area contributed by atoms with Crippen LogP contribution in [-0.4, -0.2) is 11.7 Å². The number of thiophene rings is 1. The number of amides is 1. The van der Waals surface area contributed by atoms with Gasteiger partial charge in [-0.1, -0.05) is 17.7 Å². The lowest BCUT2D eigenvalue weighted by atomic mass is 10.1. The van der Waals surface area contributed by atoms with Crippen molar-refractivity contribution in [1.82, 2.24) is 0 Å². The van der Waals surface area contributed by atoms with Crippen LogP contribution in [0.5, 0.6) is 0 Å². The number of carbonyl (C=O) groups is 2. The van der Waals surface area contributed by atoms with Crippen LogP contribution in [0.3, 0.4) is 0 Å². The van der Waals surface area contributed by atoms with Gasteiger partial charge in [-0.15, -0.1) is 11.3 Å². The van der Waals surface area contributed by atoms with Crippen LogP contribution in [0.4, 0.5) is 5.69 Å². The Balaban J connectivity index is 1.89. The van der Waals surface area contributed by atoms with Crippen molar-refractivity contribution < 1.29 is 9.59 Å². The molecule has 1 aromatic heterocycles. The molecule has 1 amide bonds. The third kappa shape index (κ3) is 4.41. The Kier molecular flexibility index (Phi) is 5.15. The highest BCUT2D eigenvalue weighted by atomic mass is 35.5. The lowest BCUT2D eigenvalue weighted by Crippen LogP contribution is -2.13. The standard InChI is InChI=1S/C16H16ClNO2S/c1-10-8-14(11(2)21-10)15(19)6-7-16(20)18-13-5-3-4-12(17)9-13/h3-5,8-9H,6-7H2,1-2H3,(H,18,20). The normalized spacial score (nSPS) is 10.4. The zero-order valence-corrected chi connectivity index (χ0v) is 13.5. The van der Waals surface area contributed by atoms with Crippen LogP contribution in [0.2, 0.25) is 5.02 Å². The monoisotopic (exact) mass is 321 g/mol. The minimum Gasteiger partial charge on any atom is -0.326 e. The van der Waals surface area contributed by atoms with E-state index in [4.69, 9.17) is 11.6 Å². The lowest BCUT2D eigenvalue weighted by molar-refractivity contribution is -0.116. The van der Waals surface area contributed by atoms with Crippen LogP contribution in [0.1, 0.15) is 33.0 Å². The van der Waals surface area contributed by atoms with Gasteiger partial charge in [0, 0.05) is 38.9 Å². The number of halogens is 1. The van der Waals surface area contributed by atoms with Crippen LogP contribution in [0.25, 0.3) is 0 Å². The molecule has 1 N–H and O–H groups in total. The minimum atomic E-state index is -0.185. The zero-order valence-electron chi connectivity index (χ0n) is 11.9. The first-order valence-electron chi connectivity index (χ1n) is 6.61. The second-order valence-corrected chi connectivity index (χ2v) is 6.71. The number of Topliss-reactive ketones (excluding diaryl/α,β-unsaturated/α-hetero) is 1. The number of hydrogen-bond donors (Lipinski definition) is 1. The molecule has 0 aliphatic heterocycles. The molecule has 0 unspecified atom stereocenters. The van der Waals surface area contributed by atoms with Crippen molar-refractivity contribution in [3.63, 3.8) is 0 Å². The molecule has 3 nitrogen and oxygen atoms in total. The van der Waals surface area contributed by atoms with E-state index in [0.717, 1.165) is 15.3 Å². The summed E-state index contributed by atoms with van der Waals surface area (Å²) in [6.07, 6.45) is 0.378. The fraction of sp³-hybridized carbons (Fsp3) is 0.250. The summed E-state index contributed by atoms with van der Waals surface area (Å²) in [5.41, 5.74) is 1.37. The molecule has 0 radical (unpaired) electrons. The predicted octanol–water partition coefficient (Wildman–Crippen LogP) is 4.62. The summed E-state index contributed by atoms with van der Waals surface area (Å²) in [5.74, 6) is -0.173. The summed E-state index contributed by atoms with van der Waals surface area (Å²) in [7, 11) is 0. The van der Waals surface area contributed by atoms with Gasteiger partial charge in [-0.05, 0) is 38.1 Å². The van der Waals surface area contributed by atoms with E-state index in [1.165, 1.54) is 0 Å². The first kappa shape index (κ1) is 15.7. The summed E-state index contributed by atoms with van der Waals surface area (Å²) in [5, 5.41) is 3.30. The Bertz CT molecular complexity index is 679. The number of ketones is 1. The highest BCUT2D eigenvalue weighted by molar-refractivity contribution is 7.12. The van der Waals surface area contributed by atoms with E-state index in [9.17, 15) is 9.59 Å². The predicted molar refractivity (Wildman–Crippen MR) is 87.4 cm³/mol. The summed E-state index contributed by atoms with van der Waals surface area (Å²) >= 11 is 7.45. The molecule has 0 bridgehead atoms. The van der Waals surface area contributed by atoms with Gasteiger partial charge in [0.1, 0.15) is 0 Å². The number of carbonyl (C=O) groups excluding carboxylic acids is 2. The third-order valence-corrected chi connectivity index (χ3v) is 4.23. The molecule has 1 heterocycles. The average molecular weight is 322 g/mol. The smallest absolute Gasteiger partial charge is 0.224 e. The molecule has 0 spiro atoms. The number of rotatable bonds is 5. The molecule has 21 heavy (non-hydrogen) atoms. The van der Waals surface area contributed by atoms with E-state index in [1.54, 1.807) is 35.6 Å².